The molecular formula is C11H15NO. The predicted molar refractivity (Wildman–Crippen MR) is 52.6 cm³/mol. The molecule has 13 heavy (non-hydrogen) atoms. The summed E-state index contributed by atoms with van der Waals surface area (Å²) in [5.41, 5.74) is 7.33. The lowest BCUT2D eigenvalue weighted by Crippen LogP contribution is -2.36. The lowest BCUT2D eigenvalue weighted by atomic mass is 9.89. The van der Waals surface area contributed by atoms with Gasteiger partial charge in [0.15, 0.2) is 0 Å². The number of rotatable bonds is 1. The van der Waals surface area contributed by atoms with Crippen molar-refractivity contribution in [3.63, 3.8) is 0 Å². The molecule has 1 aromatic carbocycles. The second-order valence-electron chi connectivity index (χ2n) is 3.54. The maximum Gasteiger partial charge on any atom is 0.0549 e. The van der Waals surface area contributed by atoms with Crippen molar-refractivity contribution >= 4 is 0 Å². The Labute approximate surface area is 78.7 Å². The van der Waals surface area contributed by atoms with Crippen LogP contribution in [0.5, 0.6) is 0 Å². The molecule has 2 atom stereocenters. The third-order valence-corrected chi connectivity index (χ3v) is 2.64. The molecule has 70 valence electrons. The first-order chi connectivity index (χ1) is 6.38. The predicted octanol–water partition coefficient (Wildman–Crippen LogP) is 1.52. The minimum atomic E-state index is 0.260. The van der Waals surface area contributed by atoms with E-state index < -0.39 is 0 Å². The second-order valence-corrected chi connectivity index (χ2v) is 3.54. The monoisotopic (exact) mass is 177 g/mol. The molecule has 2 N–H and O–H groups in total. The average Bonchev–Trinajstić information content (AvgIpc) is 2.20. The highest BCUT2D eigenvalue weighted by atomic mass is 16.5. The molecular weight excluding hydrogens is 162 g/mol. The van der Waals surface area contributed by atoms with E-state index in [4.69, 9.17) is 10.5 Å². The Balaban J connectivity index is 2.15. The van der Waals surface area contributed by atoms with E-state index in [-0.39, 0.29) is 6.04 Å². The Morgan fingerprint density at radius 2 is 2.00 bits per heavy atom. The molecule has 1 aromatic rings. The largest absolute Gasteiger partial charge is 0.381 e. The summed E-state index contributed by atoms with van der Waals surface area (Å²) in [7, 11) is 0. The molecule has 0 bridgehead atoms. The highest BCUT2D eigenvalue weighted by Crippen LogP contribution is 2.23. The minimum Gasteiger partial charge on any atom is -0.381 e. The lowest BCUT2D eigenvalue weighted by Gasteiger charge is -2.28. The van der Waals surface area contributed by atoms with Crippen LogP contribution in [0, 0.1) is 0 Å². The van der Waals surface area contributed by atoms with Gasteiger partial charge in [0.1, 0.15) is 0 Å². The Hall–Kier alpha value is -0.860. The molecule has 1 aliphatic heterocycles. The van der Waals surface area contributed by atoms with Crippen molar-refractivity contribution in [1.29, 1.82) is 0 Å². The summed E-state index contributed by atoms with van der Waals surface area (Å²) < 4.78 is 5.43. The van der Waals surface area contributed by atoms with E-state index >= 15 is 0 Å². The summed E-state index contributed by atoms with van der Waals surface area (Å²) in [5, 5.41) is 0. The van der Waals surface area contributed by atoms with Crippen molar-refractivity contribution in [2.24, 2.45) is 5.73 Å². The lowest BCUT2D eigenvalue weighted by molar-refractivity contribution is 0.0691. The number of hydrogen-bond donors (Lipinski definition) is 1. The van der Waals surface area contributed by atoms with Gasteiger partial charge in [0.25, 0.3) is 0 Å². The van der Waals surface area contributed by atoms with E-state index in [1.165, 1.54) is 5.56 Å². The van der Waals surface area contributed by atoms with Gasteiger partial charge >= 0.3 is 0 Å². The van der Waals surface area contributed by atoms with Gasteiger partial charge in [0.05, 0.1) is 6.61 Å². The smallest absolute Gasteiger partial charge is 0.0549 e. The fourth-order valence-corrected chi connectivity index (χ4v) is 1.80. The SMILES string of the molecule is N[C@H]1CCOC[C@H]1c1ccccc1. The first-order valence-electron chi connectivity index (χ1n) is 4.76. The van der Waals surface area contributed by atoms with Crippen LogP contribution in [0.3, 0.4) is 0 Å². The van der Waals surface area contributed by atoms with Crippen LogP contribution in [0.2, 0.25) is 0 Å². The van der Waals surface area contributed by atoms with Crippen molar-refractivity contribution in [3.8, 4) is 0 Å². The maximum absolute atomic E-state index is 6.03. The van der Waals surface area contributed by atoms with Gasteiger partial charge in [-0.2, -0.15) is 0 Å². The van der Waals surface area contributed by atoms with Gasteiger partial charge in [-0.25, -0.2) is 0 Å². The van der Waals surface area contributed by atoms with Crippen LogP contribution in [0.4, 0.5) is 0 Å². The van der Waals surface area contributed by atoms with Crippen LogP contribution < -0.4 is 5.73 Å². The Morgan fingerprint density at radius 1 is 1.23 bits per heavy atom. The van der Waals surface area contributed by atoms with Gasteiger partial charge in [-0.3, -0.25) is 0 Å². The summed E-state index contributed by atoms with van der Waals surface area (Å²) in [6.07, 6.45) is 0.972. The molecule has 2 nitrogen and oxygen atoms in total. The van der Waals surface area contributed by atoms with Gasteiger partial charge in [0, 0.05) is 18.6 Å². The molecule has 1 aliphatic rings. The van der Waals surface area contributed by atoms with Gasteiger partial charge < -0.3 is 10.5 Å². The van der Waals surface area contributed by atoms with E-state index in [1.54, 1.807) is 0 Å². The normalized spacial score (nSPS) is 28.7. The summed E-state index contributed by atoms with van der Waals surface area (Å²) in [6.45, 7) is 1.58. The van der Waals surface area contributed by atoms with Crippen molar-refractivity contribution in [3.05, 3.63) is 35.9 Å². The Kier molecular flexibility index (Phi) is 2.62. The summed E-state index contributed by atoms with van der Waals surface area (Å²) in [4.78, 5) is 0. The van der Waals surface area contributed by atoms with E-state index in [2.05, 4.69) is 24.3 Å². The fraction of sp³-hybridized carbons (Fsp3) is 0.455. The third-order valence-electron chi connectivity index (χ3n) is 2.64. The number of ether oxygens (including phenoxy) is 1. The Bertz CT molecular complexity index is 260. The molecule has 0 radical (unpaired) electrons. The van der Waals surface area contributed by atoms with Crippen LogP contribution in [-0.2, 0) is 4.74 Å². The van der Waals surface area contributed by atoms with Gasteiger partial charge in [-0.1, -0.05) is 30.3 Å². The number of benzene rings is 1. The molecule has 0 unspecified atom stereocenters. The zero-order chi connectivity index (χ0) is 9.10. The van der Waals surface area contributed by atoms with Crippen molar-refractivity contribution in [2.75, 3.05) is 13.2 Å². The van der Waals surface area contributed by atoms with E-state index in [1.807, 2.05) is 6.07 Å². The zero-order valence-corrected chi connectivity index (χ0v) is 7.65. The summed E-state index contributed by atoms with van der Waals surface area (Å²) in [6, 6.07) is 10.6. The van der Waals surface area contributed by atoms with Crippen molar-refractivity contribution < 1.29 is 4.74 Å². The van der Waals surface area contributed by atoms with Gasteiger partial charge in [0.2, 0.25) is 0 Å². The average molecular weight is 177 g/mol. The fourth-order valence-electron chi connectivity index (χ4n) is 1.80. The van der Waals surface area contributed by atoms with E-state index in [0.717, 1.165) is 19.6 Å². The van der Waals surface area contributed by atoms with Crippen LogP contribution in [-0.4, -0.2) is 19.3 Å². The van der Waals surface area contributed by atoms with Crippen LogP contribution in [0.15, 0.2) is 30.3 Å². The molecule has 0 saturated carbocycles. The van der Waals surface area contributed by atoms with Crippen LogP contribution >= 0.6 is 0 Å². The zero-order valence-electron chi connectivity index (χ0n) is 7.65. The highest BCUT2D eigenvalue weighted by molar-refractivity contribution is 5.21. The van der Waals surface area contributed by atoms with Crippen molar-refractivity contribution in [2.45, 2.75) is 18.4 Å². The standard InChI is InChI=1S/C11H15NO/c12-11-6-7-13-8-10(11)9-4-2-1-3-5-9/h1-5,10-11H,6-8,12H2/t10-,11-/m0/s1. The summed E-state index contributed by atoms with van der Waals surface area (Å²) >= 11 is 0. The topological polar surface area (TPSA) is 35.2 Å². The number of nitrogens with two attached hydrogens (primary N) is 1. The van der Waals surface area contributed by atoms with E-state index in [9.17, 15) is 0 Å². The van der Waals surface area contributed by atoms with Crippen LogP contribution in [0.25, 0.3) is 0 Å². The highest BCUT2D eigenvalue weighted by Gasteiger charge is 2.23. The molecule has 2 heteroatoms. The van der Waals surface area contributed by atoms with E-state index in [0.29, 0.717) is 5.92 Å². The molecule has 0 spiro atoms. The molecule has 0 amide bonds. The molecule has 0 aliphatic carbocycles. The van der Waals surface area contributed by atoms with Gasteiger partial charge in [-0.05, 0) is 12.0 Å². The van der Waals surface area contributed by atoms with Gasteiger partial charge in [-0.15, -0.1) is 0 Å². The third kappa shape index (κ3) is 1.90. The quantitative estimate of drug-likeness (QED) is 0.705. The summed E-state index contributed by atoms with van der Waals surface area (Å²) in [5.74, 6) is 0.384. The first-order valence-corrected chi connectivity index (χ1v) is 4.76. The molecule has 0 aromatic heterocycles. The number of hydrogen-bond acceptors (Lipinski definition) is 2. The molecule has 1 saturated heterocycles. The maximum atomic E-state index is 6.03. The minimum absolute atomic E-state index is 0.260. The Morgan fingerprint density at radius 3 is 2.69 bits per heavy atom. The van der Waals surface area contributed by atoms with Crippen molar-refractivity contribution in [1.82, 2.24) is 0 Å². The first kappa shape index (κ1) is 8.73. The molecule has 1 fully saturated rings. The van der Waals surface area contributed by atoms with Crippen LogP contribution in [0.1, 0.15) is 17.9 Å². The second kappa shape index (κ2) is 3.90. The molecule has 2 rings (SSSR count). The molecule has 1 heterocycles.